The Morgan fingerprint density at radius 1 is 1.23 bits per heavy atom. The Labute approximate surface area is 152 Å². The van der Waals surface area contributed by atoms with E-state index in [1.807, 2.05) is 0 Å². The molecule has 26 heavy (non-hydrogen) atoms. The molecule has 5 nitrogen and oxygen atoms in total. The molecule has 138 valence electrons. The van der Waals surface area contributed by atoms with Gasteiger partial charge in [-0.15, -0.1) is 0 Å². The summed E-state index contributed by atoms with van der Waals surface area (Å²) in [6.07, 6.45) is 2.92. The molecule has 0 radical (unpaired) electrons. The van der Waals surface area contributed by atoms with E-state index >= 15 is 0 Å². The van der Waals surface area contributed by atoms with Crippen molar-refractivity contribution >= 4 is 16.9 Å². The maximum atomic E-state index is 12.7. The van der Waals surface area contributed by atoms with E-state index in [-0.39, 0.29) is 22.5 Å². The lowest BCUT2D eigenvalue weighted by Crippen LogP contribution is -2.38. The van der Waals surface area contributed by atoms with Crippen molar-refractivity contribution in [3.63, 3.8) is 0 Å². The zero-order valence-electron chi connectivity index (χ0n) is 15.6. The Kier molecular flexibility index (Phi) is 3.69. The van der Waals surface area contributed by atoms with Crippen LogP contribution in [0.2, 0.25) is 0 Å². The van der Waals surface area contributed by atoms with Crippen LogP contribution in [0.25, 0.3) is 11.0 Å². The number of ether oxygens (including phenoxy) is 2. The predicted molar refractivity (Wildman–Crippen MR) is 97.5 cm³/mol. The molecule has 2 bridgehead atoms. The summed E-state index contributed by atoms with van der Waals surface area (Å²) in [5, 5.41) is 0.635. The van der Waals surface area contributed by atoms with Crippen LogP contribution in [0.15, 0.2) is 33.5 Å². The molecule has 0 aliphatic heterocycles. The Morgan fingerprint density at radius 3 is 2.62 bits per heavy atom. The first-order chi connectivity index (χ1) is 12.3. The molecule has 0 amide bonds. The molecule has 1 heterocycles. The molecule has 0 spiro atoms. The molecule has 3 atom stereocenters. The average Bonchev–Trinajstić information content (AvgIpc) is 2.94. The Hall–Kier alpha value is -2.30. The van der Waals surface area contributed by atoms with Gasteiger partial charge in [-0.25, -0.2) is 9.59 Å². The highest BCUT2D eigenvalue weighted by molar-refractivity contribution is 5.93. The van der Waals surface area contributed by atoms with Crippen LogP contribution in [-0.4, -0.2) is 19.2 Å². The fourth-order valence-electron chi connectivity index (χ4n) is 4.87. The molecule has 1 aromatic carbocycles. The van der Waals surface area contributed by atoms with Crippen molar-refractivity contribution < 1.29 is 18.7 Å². The SMILES string of the molecule is COc1ccc2oc(=O)c(C(=O)OC3CC4CCC3(C)C4(C)C)cc2c1. The summed E-state index contributed by atoms with van der Waals surface area (Å²) in [6.45, 7) is 6.72. The van der Waals surface area contributed by atoms with Gasteiger partial charge < -0.3 is 13.9 Å². The number of rotatable bonds is 3. The summed E-state index contributed by atoms with van der Waals surface area (Å²) in [6, 6.07) is 6.63. The van der Waals surface area contributed by atoms with Crippen LogP contribution in [0.3, 0.4) is 0 Å². The lowest BCUT2D eigenvalue weighted by atomic mass is 9.70. The van der Waals surface area contributed by atoms with Gasteiger partial charge in [0.2, 0.25) is 0 Å². The molecule has 1 aromatic heterocycles. The summed E-state index contributed by atoms with van der Waals surface area (Å²) in [7, 11) is 1.56. The third-order valence-corrected chi connectivity index (χ3v) is 7.12. The topological polar surface area (TPSA) is 65.7 Å². The van der Waals surface area contributed by atoms with Crippen molar-refractivity contribution in [2.75, 3.05) is 7.11 Å². The summed E-state index contributed by atoms with van der Waals surface area (Å²) < 4.78 is 16.3. The molecule has 0 N–H and O–H groups in total. The molecular weight excluding hydrogens is 332 g/mol. The van der Waals surface area contributed by atoms with Crippen LogP contribution in [0, 0.1) is 16.7 Å². The van der Waals surface area contributed by atoms with Crippen molar-refractivity contribution in [2.45, 2.75) is 46.1 Å². The lowest BCUT2D eigenvalue weighted by molar-refractivity contribution is -0.0245. The molecule has 2 saturated carbocycles. The lowest BCUT2D eigenvalue weighted by Gasteiger charge is -2.38. The average molecular weight is 356 g/mol. The molecule has 2 aliphatic carbocycles. The minimum absolute atomic E-state index is 0.0480. The van der Waals surface area contributed by atoms with E-state index in [9.17, 15) is 9.59 Å². The molecule has 3 unspecified atom stereocenters. The predicted octanol–water partition coefficient (Wildman–Crippen LogP) is 4.17. The number of esters is 1. The fourth-order valence-corrected chi connectivity index (χ4v) is 4.87. The van der Waals surface area contributed by atoms with E-state index in [4.69, 9.17) is 13.9 Å². The van der Waals surface area contributed by atoms with Crippen molar-refractivity contribution in [3.8, 4) is 5.75 Å². The normalized spacial score (nSPS) is 29.1. The molecule has 2 fully saturated rings. The molecule has 0 saturated heterocycles. The highest BCUT2D eigenvalue weighted by Crippen LogP contribution is 2.66. The van der Waals surface area contributed by atoms with Crippen LogP contribution >= 0.6 is 0 Å². The number of benzene rings is 1. The van der Waals surface area contributed by atoms with Crippen LogP contribution in [-0.2, 0) is 4.74 Å². The molecule has 2 aliphatic rings. The van der Waals surface area contributed by atoms with Gasteiger partial charge in [0.25, 0.3) is 0 Å². The first-order valence-electron chi connectivity index (χ1n) is 9.09. The highest BCUT2D eigenvalue weighted by Gasteiger charge is 2.62. The summed E-state index contributed by atoms with van der Waals surface area (Å²) in [5.74, 6) is 0.591. The second kappa shape index (κ2) is 5.60. The minimum Gasteiger partial charge on any atom is -0.497 e. The fraction of sp³-hybridized carbons (Fsp3) is 0.524. The highest BCUT2D eigenvalue weighted by atomic mass is 16.5. The van der Waals surface area contributed by atoms with Gasteiger partial charge in [-0.1, -0.05) is 20.8 Å². The quantitative estimate of drug-likeness (QED) is 0.610. The van der Waals surface area contributed by atoms with Gasteiger partial charge in [-0.05, 0) is 54.9 Å². The van der Waals surface area contributed by atoms with Crippen LogP contribution in [0.5, 0.6) is 5.75 Å². The Balaban J connectivity index is 1.65. The first-order valence-corrected chi connectivity index (χ1v) is 9.09. The number of hydrogen-bond donors (Lipinski definition) is 0. The number of carbonyl (C=O) groups excluding carboxylic acids is 1. The third-order valence-electron chi connectivity index (χ3n) is 7.12. The van der Waals surface area contributed by atoms with Gasteiger partial charge in [0, 0.05) is 10.8 Å². The molecular formula is C21H24O5. The number of methoxy groups -OCH3 is 1. The monoisotopic (exact) mass is 356 g/mol. The van der Waals surface area contributed by atoms with Gasteiger partial charge in [-0.3, -0.25) is 0 Å². The van der Waals surface area contributed by atoms with Gasteiger partial charge in [0.15, 0.2) is 0 Å². The first kappa shape index (κ1) is 17.1. The summed E-state index contributed by atoms with van der Waals surface area (Å²) >= 11 is 0. The largest absolute Gasteiger partial charge is 0.497 e. The van der Waals surface area contributed by atoms with E-state index < -0.39 is 11.6 Å². The zero-order chi connectivity index (χ0) is 18.7. The Morgan fingerprint density at radius 2 is 2.00 bits per heavy atom. The maximum Gasteiger partial charge on any atom is 0.351 e. The van der Waals surface area contributed by atoms with Crippen molar-refractivity contribution in [3.05, 3.63) is 40.2 Å². The number of fused-ring (bicyclic) bond motifs is 3. The molecule has 5 heteroatoms. The summed E-state index contributed by atoms with van der Waals surface area (Å²) in [4.78, 5) is 25.0. The Bertz CT molecular complexity index is 941. The van der Waals surface area contributed by atoms with Crippen molar-refractivity contribution in [1.29, 1.82) is 0 Å². The third kappa shape index (κ3) is 2.29. The van der Waals surface area contributed by atoms with E-state index in [0.717, 1.165) is 12.8 Å². The van der Waals surface area contributed by atoms with Crippen LogP contribution in [0.4, 0.5) is 0 Å². The molecule has 2 aromatic rings. The second-order valence-corrected chi connectivity index (χ2v) is 8.36. The standard InChI is InChI=1S/C21H24O5/c1-20(2)13-7-8-21(20,3)17(11-13)26-19(23)15-10-12-9-14(24-4)5-6-16(12)25-18(15)22/h5-6,9-10,13,17H,7-8,11H2,1-4H3. The van der Waals surface area contributed by atoms with Gasteiger partial charge in [0.1, 0.15) is 23.0 Å². The molecule has 4 rings (SSSR count). The van der Waals surface area contributed by atoms with Crippen molar-refractivity contribution in [1.82, 2.24) is 0 Å². The zero-order valence-corrected chi connectivity index (χ0v) is 15.6. The van der Waals surface area contributed by atoms with Crippen LogP contribution < -0.4 is 10.4 Å². The van der Waals surface area contributed by atoms with E-state index in [0.29, 0.717) is 22.6 Å². The van der Waals surface area contributed by atoms with Crippen molar-refractivity contribution in [2.24, 2.45) is 16.7 Å². The van der Waals surface area contributed by atoms with Crippen LogP contribution in [0.1, 0.15) is 50.4 Å². The van der Waals surface area contributed by atoms with Gasteiger partial charge >= 0.3 is 11.6 Å². The minimum atomic E-state index is -0.666. The maximum absolute atomic E-state index is 12.7. The van der Waals surface area contributed by atoms with E-state index in [1.54, 1.807) is 25.3 Å². The summed E-state index contributed by atoms with van der Waals surface area (Å²) in [5.41, 5.74) is -0.219. The van der Waals surface area contributed by atoms with Gasteiger partial charge in [-0.2, -0.15) is 0 Å². The van der Waals surface area contributed by atoms with E-state index in [2.05, 4.69) is 20.8 Å². The van der Waals surface area contributed by atoms with E-state index in [1.165, 1.54) is 12.5 Å². The smallest absolute Gasteiger partial charge is 0.351 e. The second-order valence-electron chi connectivity index (χ2n) is 8.36. The van der Waals surface area contributed by atoms with Gasteiger partial charge in [0.05, 0.1) is 7.11 Å². The number of carbonyl (C=O) groups is 1. The number of hydrogen-bond acceptors (Lipinski definition) is 5.